The molecule has 13 nitrogen and oxygen atoms in total. The third kappa shape index (κ3) is 14.7. The molecule has 1 aromatic rings. The van der Waals surface area contributed by atoms with Crippen LogP contribution in [0, 0.1) is 23.7 Å². The van der Waals surface area contributed by atoms with Gasteiger partial charge in [0.05, 0.1) is 11.6 Å². The summed E-state index contributed by atoms with van der Waals surface area (Å²) in [4.78, 5) is 65.7. The van der Waals surface area contributed by atoms with Gasteiger partial charge in [-0.25, -0.2) is 0 Å². The molecule has 47 heavy (non-hydrogen) atoms. The summed E-state index contributed by atoms with van der Waals surface area (Å²) >= 11 is 0. The fourth-order valence-corrected chi connectivity index (χ4v) is 5.03. The van der Waals surface area contributed by atoms with Crippen molar-refractivity contribution in [2.24, 2.45) is 23.7 Å². The lowest BCUT2D eigenvalue weighted by molar-refractivity contribution is -0.904. The van der Waals surface area contributed by atoms with E-state index in [-0.39, 0.29) is 53.0 Å². The number of nitrogens with one attached hydrogen (secondary N) is 6. The Bertz CT molecular complexity index is 1160. The zero-order valence-corrected chi connectivity index (χ0v) is 30.0. The van der Waals surface area contributed by atoms with Crippen molar-refractivity contribution in [1.82, 2.24) is 31.9 Å². The summed E-state index contributed by atoms with van der Waals surface area (Å²) < 4.78 is 0.818. The number of aromatic nitrogens is 1. The minimum Gasteiger partial charge on any atom is -0.355 e. The van der Waals surface area contributed by atoms with E-state index in [9.17, 15) is 29.2 Å². The maximum Gasteiger partial charge on any atom is 0.252 e. The minimum absolute atomic E-state index is 0.0846. The second-order valence-corrected chi connectivity index (χ2v) is 13.6. The van der Waals surface area contributed by atoms with Crippen LogP contribution in [0.4, 0.5) is 0 Å². The van der Waals surface area contributed by atoms with Gasteiger partial charge in [-0.2, -0.15) is 0 Å². The number of carbonyl (C=O) groups excluding carboxylic acids is 5. The van der Waals surface area contributed by atoms with Crippen LogP contribution in [0.15, 0.2) is 24.5 Å². The van der Waals surface area contributed by atoms with E-state index < -0.39 is 36.0 Å². The molecule has 13 heteroatoms. The summed E-state index contributed by atoms with van der Waals surface area (Å²) in [7, 11) is 0. The molecule has 6 atom stereocenters. The molecule has 0 aromatic carbocycles. The average molecular weight is 663 g/mol. The van der Waals surface area contributed by atoms with Gasteiger partial charge < -0.3 is 31.9 Å². The number of nitrogens with zero attached hydrogens (tertiary/aromatic N) is 1. The number of hydrogen-bond acceptors (Lipinski definition) is 7. The molecule has 0 spiro atoms. The predicted octanol–water partition coefficient (Wildman–Crippen LogP) is 1.67. The Morgan fingerprint density at radius 1 is 0.723 bits per heavy atom. The van der Waals surface area contributed by atoms with E-state index in [1.54, 1.807) is 6.92 Å². The van der Waals surface area contributed by atoms with Crippen molar-refractivity contribution >= 4 is 29.5 Å². The van der Waals surface area contributed by atoms with Crippen molar-refractivity contribution in [2.45, 2.75) is 119 Å². The highest BCUT2D eigenvalue weighted by Crippen LogP contribution is 2.13. The van der Waals surface area contributed by atoms with E-state index in [4.69, 9.17) is 0 Å². The Labute approximate surface area is 280 Å². The van der Waals surface area contributed by atoms with Crippen LogP contribution < -0.4 is 36.6 Å². The van der Waals surface area contributed by atoms with Crippen molar-refractivity contribution in [3.8, 4) is 0 Å². The summed E-state index contributed by atoms with van der Waals surface area (Å²) in [6.45, 7) is 19.8. The van der Waals surface area contributed by atoms with Gasteiger partial charge >= 0.3 is 0 Å². The molecule has 0 fully saturated rings. The lowest BCUT2D eigenvalue weighted by Crippen LogP contribution is -2.58. The van der Waals surface area contributed by atoms with E-state index >= 15 is 0 Å². The first kappa shape index (κ1) is 41.3. The Morgan fingerprint density at radius 2 is 1.32 bits per heavy atom. The van der Waals surface area contributed by atoms with Crippen molar-refractivity contribution in [3.63, 3.8) is 0 Å². The van der Waals surface area contributed by atoms with Crippen molar-refractivity contribution in [3.05, 3.63) is 30.1 Å². The Morgan fingerprint density at radius 3 is 1.83 bits per heavy atom. The molecule has 4 unspecified atom stereocenters. The summed E-state index contributed by atoms with van der Waals surface area (Å²) in [5, 5.41) is 27.0. The van der Waals surface area contributed by atoms with Gasteiger partial charge in [0.2, 0.25) is 36.0 Å². The number of carbonyl (C=O) groups is 5. The fourth-order valence-electron chi connectivity index (χ4n) is 5.03. The number of amides is 5. The topological polar surface area (TPSA) is 182 Å². The first-order valence-electron chi connectivity index (χ1n) is 16.9. The van der Waals surface area contributed by atoms with Gasteiger partial charge in [0.25, 0.3) is 5.91 Å². The van der Waals surface area contributed by atoms with Crippen LogP contribution >= 0.6 is 0 Å². The zero-order chi connectivity index (χ0) is 35.8. The average Bonchev–Trinajstić information content (AvgIpc) is 2.99. The highest BCUT2D eigenvalue weighted by atomic mass is 16.5. The molecule has 5 amide bonds. The molecule has 0 aliphatic heterocycles. The van der Waals surface area contributed by atoms with Gasteiger partial charge in [0, 0.05) is 36.0 Å². The molecular weight excluding hydrogens is 602 g/mol. The van der Waals surface area contributed by atoms with E-state index in [1.165, 1.54) is 24.5 Å². The van der Waals surface area contributed by atoms with Crippen molar-refractivity contribution in [2.75, 3.05) is 13.1 Å². The molecule has 1 heterocycles. The Balaban J connectivity index is 3.04. The molecule has 0 radical (unpaired) electrons. The van der Waals surface area contributed by atoms with Gasteiger partial charge in [-0.15, -0.1) is 0 Å². The number of hydrogen-bond donors (Lipinski definition) is 7. The lowest BCUT2D eigenvalue weighted by Gasteiger charge is -2.29. The third-order valence-corrected chi connectivity index (χ3v) is 7.96. The quantitative estimate of drug-likeness (QED) is 0.0819. The summed E-state index contributed by atoms with van der Waals surface area (Å²) in [6.07, 6.45) is 4.25. The maximum absolute atomic E-state index is 13.7. The van der Waals surface area contributed by atoms with E-state index in [1.807, 2.05) is 62.3 Å². The smallest absolute Gasteiger partial charge is 0.252 e. The van der Waals surface area contributed by atoms with Crippen LogP contribution in [-0.2, 0) is 19.2 Å². The van der Waals surface area contributed by atoms with Crippen LogP contribution in [-0.4, -0.2) is 78.0 Å². The molecule has 0 saturated heterocycles. The van der Waals surface area contributed by atoms with E-state index in [2.05, 4.69) is 31.9 Å². The highest BCUT2D eigenvalue weighted by molar-refractivity contribution is 5.98. The molecule has 0 bridgehead atoms. The molecule has 1 rings (SSSR count). The van der Waals surface area contributed by atoms with Gasteiger partial charge in [0.15, 0.2) is 0 Å². The molecule has 1 aromatic heterocycles. The monoisotopic (exact) mass is 662 g/mol. The lowest BCUT2D eigenvalue weighted by atomic mass is 9.96. The molecule has 266 valence electrons. The number of pyridine rings is 1. The van der Waals surface area contributed by atoms with Crippen LogP contribution in [0.25, 0.3) is 0 Å². The van der Waals surface area contributed by atoms with Crippen LogP contribution in [0.2, 0.25) is 0 Å². The minimum atomic E-state index is -0.891. The van der Waals surface area contributed by atoms with Crippen LogP contribution in [0.3, 0.4) is 0 Å². The second-order valence-electron chi connectivity index (χ2n) is 13.6. The number of likely N-dealkylation sites (N-methyl/N-ethyl adjacent to an activating group) is 1. The Kier molecular flexibility index (Phi) is 18.0. The second kappa shape index (κ2) is 20.5. The maximum atomic E-state index is 13.7. The Hall–Kier alpha value is -3.74. The SMILES string of the molecule is CCNC(=O)C(NC(=O)[C@H](C)NCC(CC(C)C)NC(=O)[C@H](CC(C)C)NC(=O)C(NC(=O)c1cc[n+](O)cc1)C(C)CC)C(C)C. The largest absolute Gasteiger partial charge is 0.355 e. The van der Waals surface area contributed by atoms with E-state index in [0.29, 0.717) is 32.4 Å². The first-order chi connectivity index (χ1) is 22.0. The predicted molar refractivity (Wildman–Crippen MR) is 180 cm³/mol. The molecule has 7 N–H and O–H groups in total. The zero-order valence-electron chi connectivity index (χ0n) is 30.0. The fraction of sp³-hybridized carbons (Fsp3) is 0.706. The standard InChI is InChI=1S/C34H59N7O6/c1-11-23(9)29(40-31(43)25-13-15-41(47)16-14-25)34(46)38-27(18-21(5)6)32(44)37-26(17-20(3)4)19-36-24(10)30(42)39-28(22(7)8)33(45)35-12-2/h13-16,20-24,26-29,36H,11-12,17-19H2,1-10H3,(H5-,35,37,38,39,40,42,43,44,45,46,47)/p+1/t23?,24-,26?,27-,28?,29?/m0/s1. The van der Waals surface area contributed by atoms with Crippen LogP contribution in [0.1, 0.15) is 98.9 Å². The summed E-state index contributed by atoms with van der Waals surface area (Å²) in [6, 6.07) is -0.498. The van der Waals surface area contributed by atoms with E-state index in [0.717, 1.165) is 4.73 Å². The van der Waals surface area contributed by atoms with Gasteiger partial charge in [0.1, 0.15) is 18.1 Å². The third-order valence-electron chi connectivity index (χ3n) is 7.96. The normalized spacial score (nSPS) is 15.3. The highest BCUT2D eigenvalue weighted by Gasteiger charge is 2.32. The first-order valence-corrected chi connectivity index (χ1v) is 16.9. The van der Waals surface area contributed by atoms with Crippen molar-refractivity contribution < 1.29 is 33.9 Å². The molecule has 0 aliphatic carbocycles. The number of rotatable bonds is 20. The van der Waals surface area contributed by atoms with Gasteiger partial charge in [-0.3, -0.25) is 29.2 Å². The molecule has 0 saturated carbocycles. The molecular formula is C34H60N7O6+. The summed E-state index contributed by atoms with van der Waals surface area (Å²) in [5.74, 6) is -1.84. The van der Waals surface area contributed by atoms with Gasteiger partial charge in [-0.05, 0) is 50.4 Å². The molecule has 0 aliphatic rings. The van der Waals surface area contributed by atoms with Gasteiger partial charge in [-0.1, -0.05) is 61.8 Å². The van der Waals surface area contributed by atoms with Crippen molar-refractivity contribution in [1.29, 1.82) is 0 Å². The van der Waals surface area contributed by atoms with Crippen LogP contribution in [0.5, 0.6) is 0 Å². The summed E-state index contributed by atoms with van der Waals surface area (Å²) in [5.41, 5.74) is 0.281.